The van der Waals surface area contributed by atoms with Gasteiger partial charge in [0.05, 0.1) is 5.25 Å². The fourth-order valence-electron chi connectivity index (χ4n) is 2.00. The summed E-state index contributed by atoms with van der Waals surface area (Å²) < 4.78 is 25.7. The summed E-state index contributed by atoms with van der Waals surface area (Å²) in [5.74, 6) is 0.946. The summed E-state index contributed by atoms with van der Waals surface area (Å²) in [6, 6.07) is 1.87. The lowest BCUT2D eigenvalue weighted by Gasteiger charge is -2.39. The zero-order chi connectivity index (χ0) is 13.3. The maximum Gasteiger partial charge on any atom is 0.216 e. The predicted octanol–water partition coefficient (Wildman–Crippen LogP) is 1.31. The molecule has 6 heteroatoms. The average Bonchev–Trinajstić information content (AvgIpc) is 2.25. The standard InChI is InChI=1S/C12H19N3O2S/c1-4-9(2)18(16,17)15-7-11(8-15)12-5-6-13-10(3)14-12/h5-6,9,11H,4,7-8H2,1-3H3/t9-/m1/s1. The van der Waals surface area contributed by atoms with Crippen molar-refractivity contribution in [2.45, 2.75) is 38.4 Å². The second kappa shape index (κ2) is 4.93. The van der Waals surface area contributed by atoms with E-state index in [1.807, 2.05) is 19.9 Å². The summed E-state index contributed by atoms with van der Waals surface area (Å²) in [6.45, 7) is 6.59. The molecule has 0 aliphatic carbocycles. The SMILES string of the molecule is CC[C@@H](C)S(=O)(=O)N1CC(c2ccnc(C)n2)C1. The lowest BCUT2D eigenvalue weighted by Crippen LogP contribution is -2.51. The van der Waals surface area contributed by atoms with Gasteiger partial charge in [-0.3, -0.25) is 0 Å². The Morgan fingerprint density at radius 1 is 1.50 bits per heavy atom. The minimum Gasteiger partial charge on any atom is -0.242 e. The van der Waals surface area contributed by atoms with Gasteiger partial charge < -0.3 is 0 Å². The van der Waals surface area contributed by atoms with Crippen LogP contribution < -0.4 is 0 Å². The van der Waals surface area contributed by atoms with Crippen LogP contribution in [0.5, 0.6) is 0 Å². The Labute approximate surface area is 108 Å². The molecule has 0 spiro atoms. The van der Waals surface area contributed by atoms with Crippen LogP contribution in [-0.4, -0.2) is 41.0 Å². The Balaban J connectivity index is 2.03. The van der Waals surface area contributed by atoms with Crippen LogP contribution in [0.15, 0.2) is 12.3 Å². The summed E-state index contributed by atoms with van der Waals surface area (Å²) in [5, 5.41) is -0.300. The van der Waals surface area contributed by atoms with Gasteiger partial charge in [-0.25, -0.2) is 22.7 Å². The van der Waals surface area contributed by atoms with Crippen LogP contribution in [-0.2, 0) is 10.0 Å². The predicted molar refractivity (Wildman–Crippen MR) is 69.8 cm³/mol. The highest BCUT2D eigenvalue weighted by molar-refractivity contribution is 7.89. The molecule has 100 valence electrons. The summed E-state index contributed by atoms with van der Waals surface area (Å²) in [7, 11) is -3.11. The number of aromatic nitrogens is 2. The minimum absolute atomic E-state index is 0.213. The van der Waals surface area contributed by atoms with Crippen LogP contribution in [0, 0.1) is 6.92 Å². The van der Waals surface area contributed by atoms with E-state index in [0.717, 1.165) is 11.5 Å². The number of hydrogen-bond donors (Lipinski definition) is 0. The molecule has 1 fully saturated rings. The first-order valence-corrected chi connectivity index (χ1v) is 7.74. The molecule has 2 heterocycles. The van der Waals surface area contributed by atoms with Crippen molar-refractivity contribution in [1.29, 1.82) is 0 Å². The highest BCUT2D eigenvalue weighted by Gasteiger charge is 2.39. The topological polar surface area (TPSA) is 63.2 Å². The van der Waals surface area contributed by atoms with Crippen molar-refractivity contribution in [3.05, 3.63) is 23.8 Å². The third kappa shape index (κ3) is 2.40. The first-order valence-electron chi connectivity index (χ1n) is 6.23. The van der Waals surface area contributed by atoms with Crippen molar-refractivity contribution in [2.24, 2.45) is 0 Å². The molecule has 0 radical (unpaired) electrons. The molecule has 0 aromatic carbocycles. The molecule has 5 nitrogen and oxygen atoms in total. The van der Waals surface area contributed by atoms with E-state index in [-0.39, 0.29) is 11.2 Å². The van der Waals surface area contributed by atoms with E-state index in [4.69, 9.17) is 0 Å². The highest BCUT2D eigenvalue weighted by atomic mass is 32.2. The first-order chi connectivity index (χ1) is 8.45. The maximum atomic E-state index is 12.1. The quantitative estimate of drug-likeness (QED) is 0.827. The minimum atomic E-state index is -3.11. The molecule has 1 aromatic heterocycles. The van der Waals surface area contributed by atoms with Gasteiger partial charge in [-0.05, 0) is 26.3 Å². The van der Waals surface area contributed by atoms with Gasteiger partial charge in [-0.2, -0.15) is 0 Å². The third-order valence-corrected chi connectivity index (χ3v) is 5.88. The summed E-state index contributed by atoms with van der Waals surface area (Å²) in [5.41, 5.74) is 0.943. The van der Waals surface area contributed by atoms with E-state index < -0.39 is 10.0 Å². The second-order valence-corrected chi connectivity index (χ2v) is 7.16. The number of aryl methyl sites for hydroxylation is 1. The fourth-order valence-corrected chi connectivity index (χ4v) is 3.71. The van der Waals surface area contributed by atoms with Crippen molar-refractivity contribution in [3.63, 3.8) is 0 Å². The van der Waals surface area contributed by atoms with E-state index in [2.05, 4.69) is 9.97 Å². The fraction of sp³-hybridized carbons (Fsp3) is 0.667. The molecule has 2 rings (SSSR count). The molecule has 0 unspecified atom stereocenters. The van der Waals surface area contributed by atoms with E-state index in [0.29, 0.717) is 19.5 Å². The second-order valence-electron chi connectivity index (χ2n) is 4.81. The van der Waals surface area contributed by atoms with Gasteiger partial charge in [-0.1, -0.05) is 6.92 Å². The molecule has 0 bridgehead atoms. The van der Waals surface area contributed by atoms with Gasteiger partial charge in [0, 0.05) is 30.9 Å². The Morgan fingerprint density at radius 2 is 2.17 bits per heavy atom. The molecule has 0 amide bonds. The first kappa shape index (κ1) is 13.4. The van der Waals surface area contributed by atoms with E-state index >= 15 is 0 Å². The third-order valence-electron chi connectivity index (χ3n) is 3.51. The van der Waals surface area contributed by atoms with Gasteiger partial charge in [0.15, 0.2) is 0 Å². The van der Waals surface area contributed by atoms with Crippen LogP contribution in [0.25, 0.3) is 0 Å². The smallest absolute Gasteiger partial charge is 0.216 e. The Hall–Kier alpha value is -1.01. The van der Waals surface area contributed by atoms with Gasteiger partial charge >= 0.3 is 0 Å². The Kier molecular flexibility index (Phi) is 3.68. The zero-order valence-electron chi connectivity index (χ0n) is 11.0. The number of rotatable bonds is 4. The monoisotopic (exact) mass is 269 g/mol. The normalized spacial score (nSPS) is 19.5. The van der Waals surface area contributed by atoms with Crippen molar-refractivity contribution in [2.75, 3.05) is 13.1 Å². The lowest BCUT2D eigenvalue weighted by atomic mass is 9.99. The van der Waals surface area contributed by atoms with Gasteiger partial charge in [-0.15, -0.1) is 0 Å². The maximum absolute atomic E-state index is 12.1. The molecule has 1 atom stereocenters. The number of sulfonamides is 1. The number of nitrogens with zero attached hydrogens (tertiary/aromatic N) is 3. The zero-order valence-corrected chi connectivity index (χ0v) is 11.8. The van der Waals surface area contributed by atoms with E-state index in [1.165, 1.54) is 0 Å². The summed E-state index contributed by atoms with van der Waals surface area (Å²) >= 11 is 0. The van der Waals surface area contributed by atoms with Crippen molar-refractivity contribution in [3.8, 4) is 0 Å². The summed E-state index contributed by atoms with van der Waals surface area (Å²) in [4.78, 5) is 8.39. The molecular formula is C12H19N3O2S. The van der Waals surface area contributed by atoms with Crippen molar-refractivity contribution >= 4 is 10.0 Å². The molecular weight excluding hydrogens is 250 g/mol. The van der Waals surface area contributed by atoms with Gasteiger partial charge in [0.1, 0.15) is 5.82 Å². The molecule has 1 aliphatic rings. The Morgan fingerprint density at radius 3 is 2.72 bits per heavy atom. The van der Waals surface area contributed by atoms with Gasteiger partial charge in [0.2, 0.25) is 10.0 Å². The lowest BCUT2D eigenvalue weighted by molar-refractivity contribution is 0.257. The number of hydrogen-bond acceptors (Lipinski definition) is 4. The molecule has 1 aromatic rings. The molecule has 1 saturated heterocycles. The van der Waals surface area contributed by atoms with Gasteiger partial charge in [0.25, 0.3) is 0 Å². The van der Waals surface area contributed by atoms with Crippen LogP contribution in [0.4, 0.5) is 0 Å². The molecule has 18 heavy (non-hydrogen) atoms. The molecule has 1 aliphatic heterocycles. The van der Waals surface area contributed by atoms with E-state index in [1.54, 1.807) is 17.4 Å². The summed E-state index contributed by atoms with van der Waals surface area (Å²) in [6.07, 6.45) is 2.37. The van der Waals surface area contributed by atoms with Crippen LogP contribution in [0.2, 0.25) is 0 Å². The van der Waals surface area contributed by atoms with E-state index in [9.17, 15) is 8.42 Å². The Bertz CT molecular complexity index is 524. The molecule has 0 N–H and O–H groups in total. The van der Waals surface area contributed by atoms with Crippen molar-refractivity contribution in [1.82, 2.24) is 14.3 Å². The average molecular weight is 269 g/mol. The van der Waals surface area contributed by atoms with Crippen LogP contribution in [0.1, 0.15) is 37.7 Å². The van der Waals surface area contributed by atoms with Crippen LogP contribution >= 0.6 is 0 Å². The largest absolute Gasteiger partial charge is 0.242 e. The molecule has 0 saturated carbocycles. The van der Waals surface area contributed by atoms with Crippen LogP contribution in [0.3, 0.4) is 0 Å². The highest BCUT2D eigenvalue weighted by Crippen LogP contribution is 2.29. The van der Waals surface area contributed by atoms with Crippen molar-refractivity contribution < 1.29 is 8.42 Å².